The summed E-state index contributed by atoms with van der Waals surface area (Å²) in [4.78, 5) is 29.7. The molecule has 1 saturated carbocycles. The van der Waals surface area contributed by atoms with E-state index in [9.17, 15) is 18.0 Å². The lowest BCUT2D eigenvalue weighted by Gasteiger charge is -2.35. The molecule has 0 saturated heterocycles. The molecular weight excluding hydrogens is 638 g/mol. The smallest absolute Gasteiger partial charge is 0.244 e. The molecule has 1 N–H and O–H groups in total. The van der Waals surface area contributed by atoms with Gasteiger partial charge in [-0.25, -0.2) is 8.42 Å². The van der Waals surface area contributed by atoms with Gasteiger partial charge in [0.05, 0.1) is 11.9 Å². The summed E-state index contributed by atoms with van der Waals surface area (Å²) >= 11 is 9.78. The van der Waals surface area contributed by atoms with E-state index in [-0.39, 0.29) is 30.6 Å². The van der Waals surface area contributed by atoms with Crippen molar-refractivity contribution in [2.24, 2.45) is 0 Å². The maximum Gasteiger partial charge on any atom is 0.244 e. The number of nitrogens with one attached hydrogen (secondary N) is 1. The molecule has 0 aromatic heterocycles. The minimum atomic E-state index is -3.86. The Hall–Kier alpha value is -2.88. The first-order chi connectivity index (χ1) is 20.0. The maximum absolute atomic E-state index is 14.2. The number of hydrogen-bond acceptors (Lipinski definition) is 4. The maximum atomic E-state index is 14.2. The lowest BCUT2D eigenvalue weighted by atomic mass is 9.94. The minimum absolute atomic E-state index is 0.0522. The first-order valence-electron chi connectivity index (χ1n) is 14.1. The van der Waals surface area contributed by atoms with E-state index < -0.39 is 28.5 Å². The third-order valence-corrected chi connectivity index (χ3v) is 9.69. The lowest BCUT2D eigenvalue weighted by molar-refractivity contribution is -0.140. The number of anilines is 1. The van der Waals surface area contributed by atoms with Crippen LogP contribution in [0.4, 0.5) is 5.69 Å². The summed E-state index contributed by atoms with van der Waals surface area (Å²) in [6.45, 7) is 1.48. The number of carbonyl (C=O) groups is 2. The van der Waals surface area contributed by atoms with Gasteiger partial charge in [-0.05, 0) is 60.7 Å². The normalized spacial score (nSPS) is 14.7. The van der Waals surface area contributed by atoms with Crippen LogP contribution in [-0.4, -0.2) is 50.0 Å². The Bertz CT molecular complexity index is 1480. The summed E-state index contributed by atoms with van der Waals surface area (Å²) in [5, 5.41) is 3.61. The number of rotatable bonds is 11. The quantitative estimate of drug-likeness (QED) is 0.260. The molecule has 2 amide bonds. The zero-order chi connectivity index (χ0) is 30.3. The second kappa shape index (κ2) is 14.5. The molecule has 4 rings (SSSR count). The van der Waals surface area contributed by atoms with Gasteiger partial charge < -0.3 is 10.2 Å². The molecule has 7 nitrogen and oxygen atoms in total. The second-order valence-electron chi connectivity index (χ2n) is 10.9. The molecule has 1 aliphatic rings. The van der Waals surface area contributed by atoms with Crippen LogP contribution in [0.3, 0.4) is 0 Å². The number of nitrogens with zero attached hydrogens (tertiary/aromatic N) is 2. The van der Waals surface area contributed by atoms with E-state index in [1.54, 1.807) is 18.2 Å². The number of hydrogen-bond donors (Lipinski definition) is 1. The summed E-state index contributed by atoms with van der Waals surface area (Å²) in [6.07, 6.45) is 6.41. The van der Waals surface area contributed by atoms with Gasteiger partial charge in [0.25, 0.3) is 0 Å². The average molecular weight is 675 g/mol. The lowest BCUT2D eigenvalue weighted by Crippen LogP contribution is -2.55. The number of sulfonamides is 1. The Morgan fingerprint density at radius 3 is 2.26 bits per heavy atom. The molecular formula is C32H37BrClN3O4S. The summed E-state index contributed by atoms with van der Waals surface area (Å²) in [6, 6.07) is 21.2. The number of halogens is 2. The van der Waals surface area contributed by atoms with Crippen molar-refractivity contribution in [2.45, 2.75) is 64.1 Å². The molecule has 1 aliphatic carbocycles. The minimum Gasteiger partial charge on any atom is -0.352 e. The van der Waals surface area contributed by atoms with Crippen LogP contribution in [0.5, 0.6) is 0 Å². The molecule has 3 aromatic rings. The molecule has 1 fully saturated rings. The van der Waals surface area contributed by atoms with Gasteiger partial charge in [0, 0.05) is 28.5 Å². The fraction of sp³-hybridized carbons (Fsp3) is 0.375. The Balaban J connectivity index is 1.72. The van der Waals surface area contributed by atoms with E-state index in [4.69, 9.17) is 11.6 Å². The van der Waals surface area contributed by atoms with Gasteiger partial charge in [0.2, 0.25) is 21.8 Å². The topological polar surface area (TPSA) is 86.8 Å². The first kappa shape index (κ1) is 32.0. The van der Waals surface area contributed by atoms with Crippen molar-refractivity contribution in [3.8, 4) is 0 Å². The van der Waals surface area contributed by atoms with E-state index in [1.165, 1.54) is 4.90 Å². The second-order valence-corrected chi connectivity index (χ2v) is 14.1. The molecule has 42 heavy (non-hydrogen) atoms. The van der Waals surface area contributed by atoms with Crippen molar-refractivity contribution in [1.82, 2.24) is 10.2 Å². The SMILES string of the molecule is Cc1ccc(N(CC(=O)N(Cc2ccc(Br)cc2)C(Cc2ccccc2)C(=O)NC2CCCCC2)S(C)(=O)=O)cc1Cl. The standard InChI is InChI=1S/C32H37BrClN3O4S/c1-23-13-18-28(20-29(23)34)37(42(2,40)41)22-31(38)36(21-25-14-16-26(33)17-15-25)30(19-24-9-5-3-6-10-24)32(39)35-27-11-7-4-8-12-27/h3,5-6,9-10,13-18,20,27,30H,4,7-8,11-12,19,21-22H2,1-2H3,(H,35,39). The van der Waals surface area contributed by atoms with E-state index in [2.05, 4.69) is 21.2 Å². The zero-order valence-electron chi connectivity index (χ0n) is 23.9. The van der Waals surface area contributed by atoms with Crippen molar-refractivity contribution in [2.75, 3.05) is 17.1 Å². The van der Waals surface area contributed by atoms with Crippen molar-refractivity contribution in [3.05, 3.63) is 99.0 Å². The Morgan fingerprint density at radius 2 is 1.64 bits per heavy atom. The summed E-state index contributed by atoms with van der Waals surface area (Å²) in [5.74, 6) is -0.722. The van der Waals surface area contributed by atoms with E-state index >= 15 is 0 Å². The Kier molecular flexibility index (Phi) is 11.1. The summed E-state index contributed by atoms with van der Waals surface area (Å²) in [5.41, 5.74) is 2.80. The fourth-order valence-corrected chi connectivity index (χ4v) is 6.52. The van der Waals surface area contributed by atoms with E-state index in [1.807, 2.05) is 61.5 Å². The van der Waals surface area contributed by atoms with Gasteiger partial charge in [-0.3, -0.25) is 13.9 Å². The van der Waals surface area contributed by atoms with Crippen LogP contribution in [0.2, 0.25) is 5.02 Å². The average Bonchev–Trinajstić information content (AvgIpc) is 2.96. The van der Waals surface area contributed by atoms with Crippen molar-refractivity contribution < 1.29 is 18.0 Å². The van der Waals surface area contributed by atoms with Gasteiger partial charge >= 0.3 is 0 Å². The predicted molar refractivity (Wildman–Crippen MR) is 172 cm³/mol. The third-order valence-electron chi connectivity index (χ3n) is 7.61. The van der Waals surface area contributed by atoms with Crippen molar-refractivity contribution >= 4 is 55.1 Å². The highest BCUT2D eigenvalue weighted by molar-refractivity contribution is 9.10. The van der Waals surface area contributed by atoms with E-state index in [0.29, 0.717) is 5.02 Å². The van der Waals surface area contributed by atoms with Crippen LogP contribution in [0.1, 0.15) is 48.8 Å². The monoisotopic (exact) mass is 673 g/mol. The highest BCUT2D eigenvalue weighted by atomic mass is 79.9. The molecule has 0 spiro atoms. The summed E-state index contributed by atoms with van der Waals surface area (Å²) in [7, 11) is -3.86. The number of amides is 2. The first-order valence-corrected chi connectivity index (χ1v) is 17.2. The van der Waals surface area contributed by atoms with Crippen LogP contribution in [0.15, 0.2) is 77.3 Å². The molecule has 224 valence electrons. The van der Waals surface area contributed by atoms with Crippen LogP contribution < -0.4 is 9.62 Å². The Morgan fingerprint density at radius 1 is 0.976 bits per heavy atom. The summed E-state index contributed by atoms with van der Waals surface area (Å²) < 4.78 is 27.9. The highest BCUT2D eigenvalue weighted by Crippen LogP contribution is 2.26. The van der Waals surface area contributed by atoms with Gasteiger partial charge in [-0.1, -0.05) is 95.3 Å². The third kappa shape index (κ3) is 8.82. The predicted octanol–water partition coefficient (Wildman–Crippen LogP) is 6.27. The van der Waals surface area contributed by atoms with Crippen LogP contribution >= 0.6 is 27.5 Å². The molecule has 0 bridgehead atoms. The van der Waals surface area contributed by atoms with Crippen molar-refractivity contribution in [3.63, 3.8) is 0 Å². The molecule has 1 atom stereocenters. The van der Waals surface area contributed by atoms with Crippen LogP contribution in [-0.2, 0) is 32.6 Å². The molecule has 3 aromatic carbocycles. The fourth-order valence-electron chi connectivity index (χ4n) is 5.24. The Labute approximate surface area is 262 Å². The van der Waals surface area contributed by atoms with Gasteiger partial charge in [0.15, 0.2) is 0 Å². The molecule has 0 heterocycles. The number of carbonyl (C=O) groups excluding carboxylic acids is 2. The zero-order valence-corrected chi connectivity index (χ0v) is 27.1. The molecule has 1 unspecified atom stereocenters. The number of benzene rings is 3. The molecule has 10 heteroatoms. The van der Waals surface area contributed by atoms with Crippen LogP contribution in [0.25, 0.3) is 0 Å². The van der Waals surface area contributed by atoms with Crippen LogP contribution in [0, 0.1) is 6.92 Å². The molecule has 0 aliphatic heterocycles. The largest absolute Gasteiger partial charge is 0.352 e. The molecule has 0 radical (unpaired) electrons. The number of aryl methyl sites for hydroxylation is 1. The van der Waals surface area contributed by atoms with Gasteiger partial charge in [0.1, 0.15) is 12.6 Å². The highest BCUT2D eigenvalue weighted by Gasteiger charge is 2.34. The van der Waals surface area contributed by atoms with Crippen molar-refractivity contribution in [1.29, 1.82) is 0 Å². The van der Waals surface area contributed by atoms with Gasteiger partial charge in [-0.15, -0.1) is 0 Å². The van der Waals surface area contributed by atoms with Gasteiger partial charge in [-0.2, -0.15) is 0 Å². The van der Waals surface area contributed by atoms with E-state index in [0.717, 1.165) is 63.8 Å².